The van der Waals surface area contributed by atoms with Crippen LogP contribution >= 0.6 is 23.5 Å². The van der Waals surface area contributed by atoms with E-state index in [4.69, 9.17) is 19.9 Å². The van der Waals surface area contributed by atoms with Crippen LogP contribution in [-0.4, -0.2) is 96.1 Å². The van der Waals surface area contributed by atoms with Crippen LogP contribution < -0.4 is 20.5 Å². The number of phenols is 2. The summed E-state index contributed by atoms with van der Waals surface area (Å²) >= 11 is 2.22. The zero-order chi connectivity index (χ0) is 61.0. The van der Waals surface area contributed by atoms with Crippen molar-refractivity contribution in [1.82, 2.24) is 45.3 Å². The lowest BCUT2D eigenvalue weighted by Crippen LogP contribution is -2.34. The molecule has 0 aliphatic carbocycles. The first kappa shape index (κ1) is 60.2. The highest BCUT2D eigenvalue weighted by molar-refractivity contribution is 8.13. The molecule has 0 spiro atoms. The minimum atomic E-state index is -0.742. The van der Waals surface area contributed by atoms with Gasteiger partial charge in [-0.1, -0.05) is 116 Å². The summed E-state index contributed by atoms with van der Waals surface area (Å²) in [6, 6.07) is 42.7. The van der Waals surface area contributed by atoms with Crippen LogP contribution in [0.5, 0.6) is 34.5 Å². The summed E-state index contributed by atoms with van der Waals surface area (Å²) in [7, 11) is 0. The third kappa shape index (κ3) is 14.1. The molecule has 0 unspecified atom stereocenters. The number of nitro groups is 1. The van der Waals surface area contributed by atoms with E-state index in [0.717, 1.165) is 34.9 Å². The Morgan fingerprint density at radius 1 is 0.709 bits per heavy atom. The number of amides is 3. The number of aromatic hydroxyl groups is 2. The lowest BCUT2D eigenvalue weighted by Gasteiger charge is -2.27. The quantitative estimate of drug-likeness (QED) is 0.0238. The Morgan fingerprint density at radius 3 is 1.97 bits per heavy atom. The van der Waals surface area contributed by atoms with E-state index in [2.05, 4.69) is 36.4 Å². The number of hydrogen-bond acceptors (Lipinski definition) is 19. The van der Waals surface area contributed by atoms with Crippen molar-refractivity contribution in [2.45, 2.75) is 76.2 Å². The van der Waals surface area contributed by atoms with Gasteiger partial charge in [-0.25, -0.2) is 4.68 Å². The normalized spacial score (nSPS) is 11.0. The highest BCUT2D eigenvalue weighted by Gasteiger charge is 2.27. The van der Waals surface area contributed by atoms with Crippen LogP contribution in [0.25, 0.3) is 27.2 Å². The maximum atomic E-state index is 13.8. The van der Waals surface area contributed by atoms with Crippen LogP contribution in [0.1, 0.15) is 70.2 Å². The lowest BCUT2D eigenvalue weighted by atomic mass is 10.0. The monoisotopic (exact) mass is 1200 g/mol. The summed E-state index contributed by atoms with van der Waals surface area (Å²) in [6.07, 6.45) is 0.747. The molecule has 0 saturated heterocycles. The number of non-ortho nitro benzene ring substituents is 1. The van der Waals surface area contributed by atoms with Crippen molar-refractivity contribution in [3.8, 4) is 40.2 Å². The summed E-state index contributed by atoms with van der Waals surface area (Å²) in [5.41, 5.74) is 9.52. The van der Waals surface area contributed by atoms with Crippen molar-refractivity contribution in [2.24, 2.45) is 5.73 Å². The number of carbonyl (C=O) groups excluding carboxylic acids is 4. The van der Waals surface area contributed by atoms with Crippen molar-refractivity contribution in [3.05, 3.63) is 195 Å². The second-order valence-corrected chi connectivity index (χ2v) is 21.4. The Kier molecular flexibility index (Phi) is 19.1. The minimum Gasteiger partial charge on any atom is -0.506 e. The predicted molar refractivity (Wildman–Crippen MR) is 323 cm³/mol. The fourth-order valence-corrected chi connectivity index (χ4v) is 10.5. The number of aromatic nitrogens is 8. The minimum absolute atomic E-state index is 0.00864. The smallest absolute Gasteiger partial charge is 0.327 e. The zero-order valence-corrected chi connectivity index (χ0v) is 48.6. The van der Waals surface area contributed by atoms with E-state index >= 15 is 0 Å². The number of nitro benzene ring substituents is 1. The number of nitrogens with zero attached hydrogens (tertiary/aromatic N) is 10. The Morgan fingerprint density at radius 2 is 1.31 bits per heavy atom. The van der Waals surface area contributed by atoms with E-state index < -0.39 is 22.0 Å². The number of anilines is 1. The van der Waals surface area contributed by atoms with Gasteiger partial charge >= 0.3 is 5.97 Å². The van der Waals surface area contributed by atoms with Crippen molar-refractivity contribution in [2.75, 3.05) is 11.9 Å². The molecule has 0 aliphatic heterocycles. The number of ether oxygens (including phenoxy) is 3. The summed E-state index contributed by atoms with van der Waals surface area (Å²) in [5, 5.41) is 62.0. The van der Waals surface area contributed by atoms with E-state index in [9.17, 15) is 39.5 Å². The average Bonchev–Trinajstić information content (AvgIpc) is 1.63. The van der Waals surface area contributed by atoms with Gasteiger partial charge < -0.3 is 40.4 Å². The molecule has 0 aliphatic rings. The number of nitrogens with one attached hydrogen (secondary N) is 1. The lowest BCUT2D eigenvalue weighted by molar-refractivity contribution is -0.385. The maximum Gasteiger partial charge on any atom is 0.327 e. The van der Waals surface area contributed by atoms with Gasteiger partial charge in [0.15, 0.2) is 0 Å². The molecule has 2 aromatic heterocycles. The number of phenolic OH excluding ortho intramolecular Hbond substituents is 1. The molecule has 8 aromatic carbocycles. The van der Waals surface area contributed by atoms with Crippen molar-refractivity contribution < 1.29 is 48.5 Å². The molecule has 0 bridgehead atoms. The fraction of sp³-hybridized carbons (Fsp3) is 0.180. The number of thioether (sulfide) groups is 2. The van der Waals surface area contributed by atoms with Gasteiger partial charge in [0.05, 0.1) is 34.9 Å². The Bertz CT molecular complexity index is 4160. The van der Waals surface area contributed by atoms with Crippen LogP contribution in [0, 0.1) is 24.0 Å². The summed E-state index contributed by atoms with van der Waals surface area (Å²) in [5.74, 6) is -0.0588. The molecular formula is C61H56N12O11S2. The van der Waals surface area contributed by atoms with E-state index in [1.807, 2.05) is 101 Å². The van der Waals surface area contributed by atoms with E-state index in [0.29, 0.717) is 67.5 Å². The highest BCUT2D eigenvalue weighted by atomic mass is 32.2. The number of carbonyl (C=O) groups is 4. The second kappa shape index (κ2) is 27.3. The first-order valence-electron chi connectivity index (χ1n) is 26.7. The number of esters is 1. The number of aryl methyl sites for hydroxylation is 2. The summed E-state index contributed by atoms with van der Waals surface area (Å²) in [4.78, 5) is 63.8. The van der Waals surface area contributed by atoms with Gasteiger partial charge in [0.2, 0.25) is 10.3 Å². The topological polar surface area (TPSA) is 308 Å². The van der Waals surface area contributed by atoms with E-state index in [-0.39, 0.29) is 70.1 Å². The molecule has 10 rings (SSSR count). The van der Waals surface area contributed by atoms with Gasteiger partial charge in [0.1, 0.15) is 41.0 Å². The van der Waals surface area contributed by atoms with Crippen LogP contribution in [0.15, 0.2) is 162 Å². The third-order valence-electron chi connectivity index (χ3n) is 13.2. The van der Waals surface area contributed by atoms with Crippen molar-refractivity contribution >= 4 is 79.5 Å². The van der Waals surface area contributed by atoms with Crippen LogP contribution in [0.3, 0.4) is 0 Å². The molecule has 0 atom stereocenters. The molecule has 5 N–H and O–H groups in total. The van der Waals surface area contributed by atoms with Crippen LogP contribution in [-0.2, 0) is 28.4 Å². The summed E-state index contributed by atoms with van der Waals surface area (Å²) in [6.45, 7) is 9.59. The molecule has 25 heteroatoms. The van der Waals surface area contributed by atoms with Crippen molar-refractivity contribution in [1.29, 1.82) is 0 Å². The highest BCUT2D eigenvalue weighted by Crippen LogP contribution is 2.42. The number of hydrogen-bond donors (Lipinski definition) is 4. The largest absolute Gasteiger partial charge is 0.506 e. The molecule has 438 valence electrons. The van der Waals surface area contributed by atoms with Gasteiger partial charge in [-0.15, -0.1) is 10.2 Å². The first-order valence-corrected chi connectivity index (χ1v) is 28.5. The van der Waals surface area contributed by atoms with Gasteiger partial charge in [-0.3, -0.25) is 29.3 Å². The van der Waals surface area contributed by atoms with Gasteiger partial charge in [-0.05, 0) is 114 Å². The van der Waals surface area contributed by atoms with E-state index in [1.165, 1.54) is 56.4 Å². The SMILES string of the molecule is CCCOC(=O)Cn1nnnc1SCc1ccc(Oc2cc(C(N)=O)c(O)c3ccccc23)c(C)c1.Cc1ccccc1NC(=O)c1cc(Oc2ccc([N+](=O)[O-])cc2CN(C(=O)Sc2nnnn2-c2ccccc2)C(C)C)c2ccccc2c1O. The van der Waals surface area contributed by atoms with Gasteiger partial charge in [0.25, 0.3) is 22.7 Å². The number of nitrogens with two attached hydrogens (primary N) is 1. The number of rotatable bonds is 20. The average molecular weight is 1200 g/mol. The van der Waals surface area contributed by atoms with Crippen molar-refractivity contribution in [3.63, 3.8) is 0 Å². The molecular weight excluding hydrogens is 1140 g/mol. The molecule has 3 amide bonds. The molecule has 86 heavy (non-hydrogen) atoms. The standard InChI is InChI=1S/C36H31N7O6S.C25H25N5O5S/c1-22(2)41(36(46)50-35-38-39-40-42(35)25-12-5-4-6-13-25)21-24-19-26(43(47)48)17-18-31(24)49-32-20-29(33(44)28-15-9-8-14-27(28)32)34(45)37-30-16-10-7-11-23(30)3;1-3-10-34-22(31)13-30-25(27-28-29-30)36-14-16-8-9-20(15(2)11-16)35-21-12-19(24(26)33)23(32)18-7-5-4-6-17(18)21/h4-20,22,44H,21H2,1-3H3,(H,37,45);4-9,11-12,32H,3,10,13-14H2,1-2H3,(H2,26,33). The van der Waals surface area contributed by atoms with Crippen LogP contribution in [0.2, 0.25) is 0 Å². The summed E-state index contributed by atoms with van der Waals surface area (Å²) < 4.78 is 20.5. The molecule has 0 saturated carbocycles. The van der Waals surface area contributed by atoms with Gasteiger partial charge in [0, 0.05) is 68.5 Å². The number of primary amides is 1. The predicted octanol–water partition coefficient (Wildman–Crippen LogP) is 11.9. The fourth-order valence-electron chi connectivity index (χ4n) is 8.82. The molecule has 10 aromatic rings. The number of benzene rings is 8. The third-order valence-corrected chi connectivity index (χ3v) is 15.1. The number of tetrazole rings is 2. The first-order chi connectivity index (χ1) is 41.5. The second-order valence-electron chi connectivity index (χ2n) is 19.5. The number of para-hydroxylation sites is 2. The van der Waals surface area contributed by atoms with Gasteiger partial charge in [-0.2, -0.15) is 4.68 Å². The Balaban J connectivity index is 0.000000217. The Hall–Kier alpha value is -10.4. The van der Waals surface area contributed by atoms with E-state index in [1.54, 1.807) is 54.6 Å². The molecule has 0 radical (unpaired) electrons. The molecule has 23 nitrogen and oxygen atoms in total. The maximum absolute atomic E-state index is 13.8. The number of fused-ring (bicyclic) bond motifs is 2. The zero-order valence-electron chi connectivity index (χ0n) is 47.0. The van der Waals surface area contributed by atoms with Crippen LogP contribution in [0.4, 0.5) is 16.2 Å². The molecule has 2 heterocycles. The Labute approximate surface area is 500 Å². The molecule has 0 fully saturated rings.